The smallest absolute Gasteiger partial charge is 0.144 e. The summed E-state index contributed by atoms with van der Waals surface area (Å²) in [4.78, 5) is 2.29. The molecule has 2 nitrogen and oxygen atoms in total. The SMILES string of the molecule is N#Cc1cccc(CCN2CCC2)c1F. The molecule has 0 unspecified atom stereocenters. The first-order valence-electron chi connectivity index (χ1n) is 5.21. The number of nitriles is 1. The van der Waals surface area contributed by atoms with Gasteiger partial charge >= 0.3 is 0 Å². The van der Waals surface area contributed by atoms with Crippen LogP contribution in [0.3, 0.4) is 0 Å². The lowest BCUT2D eigenvalue weighted by molar-refractivity contribution is 0.183. The number of rotatable bonds is 3. The van der Waals surface area contributed by atoms with Crippen LogP contribution in [-0.2, 0) is 6.42 Å². The van der Waals surface area contributed by atoms with Crippen LogP contribution in [0, 0.1) is 17.1 Å². The van der Waals surface area contributed by atoms with Crippen LogP contribution in [0.25, 0.3) is 0 Å². The van der Waals surface area contributed by atoms with Gasteiger partial charge in [0.1, 0.15) is 11.9 Å². The second-order valence-corrected chi connectivity index (χ2v) is 3.84. The molecule has 78 valence electrons. The summed E-state index contributed by atoms with van der Waals surface area (Å²) in [6, 6.07) is 6.88. The van der Waals surface area contributed by atoms with Gasteiger partial charge in [-0.15, -0.1) is 0 Å². The molecule has 0 N–H and O–H groups in total. The first-order valence-corrected chi connectivity index (χ1v) is 5.21. The van der Waals surface area contributed by atoms with Crippen molar-refractivity contribution in [2.24, 2.45) is 0 Å². The number of hydrogen-bond acceptors (Lipinski definition) is 2. The minimum absolute atomic E-state index is 0.149. The van der Waals surface area contributed by atoms with Crippen molar-refractivity contribution in [1.29, 1.82) is 5.26 Å². The molecule has 0 saturated carbocycles. The minimum atomic E-state index is -0.347. The Kier molecular flexibility index (Phi) is 2.98. The van der Waals surface area contributed by atoms with Crippen LogP contribution in [0.4, 0.5) is 4.39 Å². The average Bonchev–Trinajstić information content (AvgIpc) is 2.18. The van der Waals surface area contributed by atoms with Gasteiger partial charge < -0.3 is 4.90 Å². The average molecular weight is 204 g/mol. The number of benzene rings is 1. The molecular weight excluding hydrogens is 191 g/mol. The molecule has 2 rings (SSSR count). The van der Waals surface area contributed by atoms with Crippen molar-refractivity contribution in [2.75, 3.05) is 19.6 Å². The van der Waals surface area contributed by atoms with Crippen molar-refractivity contribution >= 4 is 0 Å². The molecule has 0 aromatic heterocycles. The summed E-state index contributed by atoms with van der Waals surface area (Å²) in [5.74, 6) is -0.347. The minimum Gasteiger partial charge on any atom is -0.303 e. The Morgan fingerprint density at radius 2 is 2.20 bits per heavy atom. The van der Waals surface area contributed by atoms with E-state index in [0.717, 1.165) is 19.6 Å². The van der Waals surface area contributed by atoms with Crippen LogP contribution in [0.15, 0.2) is 18.2 Å². The predicted octanol–water partition coefficient (Wildman–Crippen LogP) is 1.95. The first-order chi connectivity index (χ1) is 7.31. The van der Waals surface area contributed by atoms with E-state index in [2.05, 4.69) is 4.90 Å². The molecule has 0 radical (unpaired) electrons. The Hall–Kier alpha value is -1.40. The molecule has 0 atom stereocenters. The van der Waals surface area contributed by atoms with Gasteiger partial charge in [0, 0.05) is 6.54 Å². The van der Waals surface area contributed by atoms with E-state index in [-0.39, 0.29) is 11.4 Å². The fraction of sp³-hybridized carbons (Fsp3) is 0.417. The van der Waals surface area contributed by atoms with E-state index >= 15 is 0 Å². The fourth-order valence-electron chi connectivity index (χ4n) is 1.74. The van der Waals surface area contributed by atoms with Crippen molar-refractivity contribution in [1.82, 2.24) is 4.90 Å². The summed E-state index contributed by atoms with van der Waals surface area (Å²) < 4.78 is 13.6. The maximum Gasteiger partial charge on any atom is 0.144 e. The Bertz CT molecular complexity index is 391. The monoisotopic (exact) mass is 204 g/mol. The van der Waals surface area contributed by atoms with Gasteiger partial charge in [-0.2, -0.15) is 5.26 Å². The lowest BCUT2D eigenvalue weighted by Gasteiger charge is -2.30. The topological polar surface area (TPSA) is 27.0 Å². The third-order valence-electron chi connectivity index (χ3n) is 2.85. The maximum absolute atomic E-state index is 13.6. The standard InChI is InChI=1S/C12H13FN2/c13-12-10(3-1-4-11(12)9-14)5-8-15-6-2-7-15/h1,3-4H,2,5-8H2. The Labute approximate surface area is 88.9 Å². The number of likely N-dealkylation sites (tertiary alicyclic amines) is 1. The highest BCUT2D eigenvalue weighted by atomic mass is 19.1. The van der Waals surface area contributed by atoms with E-state index in [1.807, 2.05) is 6.07 Å². The van der Waals surface area contributed by atoms with Gasteiger partial charge in [0.15, 0.2) is 0 Å². The second-order valence-electron chi connectivity index (χ2n) is 3.84. The van der Waals surface area contributed by atoms with Crippen molar-refractivity contribution < 1.29 is 4.39 Å². The summed E-state index contributed by atoms with van der Waals surface area (Å²) in [6.07, 6.45) is 1.95. The number of nitrogens with zero attached hydrogens (tertiary/aromatic N) is 2. The van der Waals surface area contributed by atoms with Gasteiger partial charge in [0.25, 0.3) is 0 Å². The highest BCUT2D eigenvalue weighted by molar-refractivity contribution is 5.35. The van der Waals surface area contributed by atoms with Crippen molar-refractivity contribution in [2.45, 2.75) is 12.8 Å². The lowest BCUT2D eigenvalue weighted by atomic mass is 10.1. The number of halogens is 1. The molecule has 15 heavy (non-hydrogen) atoms. The van der Waals surface area contributed by atoms with Crippen molar-refractivity contribution in [3.05, 3.63) is 35.1 Å². The highest BCUT2D eigenvalue weighted by Gasteiger charge is 2.14. The predicted molar refractivity (Wildman–Crippen MR) is 55.9 cm³/mol. The van der Waals surface area contributed by atoms with Crippen LogP contribution in [0.2, 0.25) is 0 Å². The first kappa shape index (κ1) is 10.1. The van der Waals surface area contributed by atoms with E-state index < -0.39 is 0 Å². The van der Waals surface area contributed by atoms with Gasteiger partial charge in [-0.05, 0) is 37.6 Å². The molecule has 1 fully saturated rings. The van der Waals surface area contributed by atoms with E-state index in [0.29, 0.717) is 12.0 Å². The van der Waals surface area contributed by atoms with E-state index in [1.165, 1.54) is 12.5 Å². The van der Waals surface area contributed by atoms with Gasteiger partial charge in [0.05, 0.1) is 5.56 Å². The third kappa shape index (κ3) is 2.16. The zero-order valence-electron chi connectivity index (χ0n) is 8.54. The summed E-state index contributed by atoms with van der Waals surface area (Å²) in [5, 5.41) is 8.68. The van der Waals surface area contributed by atoms with E-state index in [1.54, 1.807) is 12.1 Å². The summed E-state index contributed by atoms with van der Waals surface area (Å²) in [7, 11) is 0. The Morgan fingerprint density at radius 1 is 1.40 bits per heavy atom. The van der Waals surface area contributed by atoms with Gasteiger partial charge in [-0.1, -0.05) is 12.1 Å². The molecule has 1 saturated heterocycles. The lowest BCUT2D eigenvalue weighted by Crippen LogP contribution is -2.38. The molecule has 0 amide bonds. The van der Waals surface area contributed by atoms with E-state index in [4.69, 9.17) is 5.26 Å². The molecular formula is C12H13FN2. The molecule has 1 aliphatic rings. The summed E-state index contributed by atoms with van der Waals surface area (Å²) in [6.45, 7) is 3.14. The van der Waals surface area contributed by atoms with Gasteiger partial charge in [0.2, 0.25) is 0 Å². The van der Waals surface area contributed by atoms with Crippen molar-refractivity contribution in [3.63, 3.8) is 0 Å². The molecule has 1 heterocycles. The molecule has 1 aromatic rings. The Balaban J connectivity index is 2.04. The van der Waals surface area contributed by atoms with Crippen LogP contribution >= 0.6 is 0 Å². The van der Waals surface area contributed by atoms with Gasteiger partial charge in [-0.3, -0.25) is 0 Å². The zero-order chi connectivity index (χ0) is 10.7. The quantitative estimate of drug-likeness (QED) is 0.752. The molecule has 0 aliphatic carbocycles. The Morgan fingerprint density at radius 3 is 2.80 bits per heavy atom. The van der Waals surface area contributed by atoms with Crippen LogP contribution in [-0.4, -0.2) is 24.5 Å². The van der Waals surface area contributed by atoms with Crippen LogP contribution in [0.5, 0.6) is 0 Å². The normalized spacial score (nSPS) is 15.7. The van der Waals surface area contributed by atoms with E-state index in [9.17, 15) is 4.39 Å². The molecule has 0 spiro atoms. The molecule has 0 bridgehead atoms. The van der Waals surface area contributed by atoms with Crippen LogP contribution in [0.1, 0.15) is 17.5 Å². The summed E-state index contributed by atoms with van der Waals surface area (Å²) in [5.41, 5.74) is 0.803. The fourth-order valence-corrected chi connectivity index (χ4v) is 1.74. The van der Waals surface area contributed by atoms with Crippen LogP contribution < -0.4 is 0 Å². The third-order valence-corrected chi connectivity index (χ3v) is 2.85. The zero-order valence-corrected chi connectivity index (χ0v) is 8.54. The molecule has 1 aliphatic heterocycles. The van der Waals surface area contributed by atoms with Gasteiger partial charge in [-0.25, -0.2) is 4.39 Å². The molecule has 1 aromatic carbocycles. The van der Waals surface area contributed by atoms with Crippen molar-refractivity contribution in [3.8, 4) is 6.07 Å². The molecule has 3 heteroatoms. The second kappa shape index (κ2) is 4.41. The maximum atomic E-state index is 13.6. The highest BCUT2D eigenvalue weighted by Crippen LogP contribution is 2.14. The largest absolute Gasteiger partial charge is 0.303 e. The summed E-state index contributed by atoms with van der Waals surface area (Å²) >= 11 is 0. The number of hydrogen-bond donors (Lipinski definition) is 0.